The van der Waals surface area contributed by atoms with Crippen molar-refractivity contribution in [3.05, 3.63) is 59.2 Å². The molecule has 0 aliphatic heterocycles. The maximum Gasteiger partial charge on any atom is 0.251 e. The Morgan fingerprint density at radius 2 is 1.80 bits per heavy atom. The second-order valence-corrected chi connectivity index (χ2v) is 5.74. The van der Waals surface area contributed by atoms with Crippen LogP contribution in [0.2, 0.25) is 0 Å². The number of carbonyl (C=O) groups excluding carboxylic acids is 1. The van der Waals surface area contributed by atoms with E-state index in [1.54, 1.807) is 25.3 Å². The van der Waals surface area contributed by atoms with Gasteiger partial charge in [-0.2, -0.15) is 0 Å². The number of carbonyl (C=O) groups is 1. The molecule has 1 amide bonds. The van der Waals surface area contributed by atoms with Crippen molar-refractivity contribution in [2.45, 2.75) is 13.8 Å². The first kappa shape index (κ1) is 18.8. The number of amides is 1. The normalized spacial score (nSPS) is 10.4. The van der Waals surface area contributed by atoms with Gasteiger partial charge in [0.05, 0.1) is 6.61 Å². The van der Waals surface area contributed by atoms with E-state index in [0.29, 0.717) is 37.7 Å². The van der Waals surface area contributed by atoms with Crippen LogP contribution in [0, 0.1) is 13.8 Å². The lowest BCUT2D eigenvalue weighted by molar-refractivity contribution is 0.0936. The molecule has 25 heavy (non-hydrogen) atoms. The van der Waals surface area contributed by atoms with Gasteiger partial charge < -0.3 is 19.5 Å². The monoisotopic (exact) mass is 343 g/mol. The number of hydrogen-bond acceptors (Lipinski definition) is 4. The fourth-order valence-electron chi connectivity index (χ4n) is 2.27. The van der Waals surface area contributed by atoms with Crippen LogP contribution in [0.1, 0.15) is 21.5 Å². The van der Waals surface area contributed by atoms with Crippen LogP contribution in [0.4, 0.5) is 0 Å². The van der Waals surface area contributed by atoms with Gasteiger partial charge in [-0.25, -0.2) is 0 Å². The summed E-state index contributed by atoms with van der Waals surface area (Å²) < 4.78 is 16.4. The summed E-state index contributed by atoms with van der Waals surface area (Å²) >= 11 is 0. The van der Waals surface area contributed by atoms with Gasteiger partial charge in [0, 0.05) is 19.2 Å². The lowest BCUT2D eigenvalue weighted by Gasteiger charge is -2.11. The molecule has 0 bridgehead atoms. The van der Waals surface area contributed by atoms with E-state index in [4.69, 9.17) is 14.2 Å². The van der Waals surface area contributed by atoms with Gasteiger partial charge in [-0.1, -0.05) is 18.2 Å². The molecule has 134 valence electrons. The quantitative estimate of drug-likeness (QED) is 0.711. The van der Waals surface area contributed by atoms with Crippen molar-refractivity contribution in [2.75, 3.05) is 33.5 Å². The number of nitrogens with one attached hydrogen (secondary N) is 1. The zero-order chi connectivity index (χ0) is 18.1. The van der Waals surface area contributed by atoms with E-state index < -0.39 is 0 Å². The molecule has 0 fully saturated rings. The summed E-state index contributed by atoms with van der Waals surface area (Å²) in [5.41, 5.74) is 2.82. The summed E-state index contributed by atoms with van der Waals surface area (Å²) in [4.78, 5) is 12.0. The predicted molar refractivity (Wildman–Crippen MR) is 97.6 cm³/mol. The maximum atomic E-state index is 12.0. The van der Waals surface area contributed by atoms with Crippen LogP contribution in [0.3, 0.4) is 0 Å². The van der Waals surface area contributed by atoms with Crippen LogP contribution < -0.4 is 14.8 Å². The Labute approximate surface area is 148 Å². The Morgan fingerprint density at radius 3 is 2.60 bits per heavy atom. The first-order valence-corrected chi connectivity index (χ1v) is 8.30. The average Bonchev–Trinajstić information content (AvgIpc) is 2.62. The molecule has 0 aliphatic carbocycles. The van der Waals surface area contributed by atoms with Crippen molar-refractivity contribution in [1.29, 1.82) is 0 Å². The molecule has 0 atom stereocenters. The van der Waals surface area contributed by atoms with Crippen LogP contribution in [0.5, 0.6) is 11.5 Å². The van der Waals surface area contributed by atoms with E-state index in [1.165, 1.54) is 0 Å². The van der Waals surface area contributed by atoms with Crippen molar-refractivity contribution in [3.8, 4) is 11.5 Å². The number of benzene rings is 2. The van der Waals surface area contributed by atoms with Crippen LogP contribution in [0.15, 0.2) is 42.5 Å². The van der Waals surface area contributed by atoms with Crippen molar-refractivity contribution >= 4 is 5.91 Å². The van der Waals surface area contributed by atoms with E-state index in [9.17, 15) is 4.79 Å². The van der Waals surface area contributed by atoms with Gasteiger partial charge in [-0.15, -0.1) is 0 Å². The molecule has 2 rings (SSSR count). The fourth-order valence-corrected chi connectivity index (χ4v) is 2.27. The standard InChI is InChI=1S/C20H25NO4/c1-15-7-8-16(2)19(13-15)25-12-11-24-18-6-4-5-17(14-18)20(22)21-9-10-23-3/h4-8,13-14H,9-12H2,1-3H3,(H,21,22). The lowest BCUT2D eigenvalue weighted by Crippen LogP contribution is -2.26. The van der Waals surface area contributed by atoms with Gasteiger partial charge in [0.25, 0.3) is 5.91 Å². The number of hydrogen-bond donors (Lipinski definition) is 1. The molecule has 2 aromatic rings. The van der Waals surface area contributed by atoms with E-state index in [1.807, 2.05) is 32.0 Å². The maximum absolute atomic E-state index is 12.0. The Morgan fingerprint density at radius 1 is 1.00 bits per heavy atom. The summed E-state index contributed by atoms with van der Waals surface area (Å²) in [5, 5.41) is 2.78. The van der Waals surface area contributed by atoms with E-state index in [2.05, 4.69) is 11.4 Å². The van der Waals surface area contributed by atoms with Gasteiger partial charge in [0.1, 0.15) is 24.7 Å². The summed E-state index contributed by atoms with van der Waals surface area (Å²) in [6.45, 7) is 5.85. The zero-order valence-corrected chi connectivity index (χ0v) is 15.0. The van der Waals surface area contributed by atoms with Crippen molar-refractivity contribution in [2.24, 2.45) is 0 Å². The molecule has 0 aromatic heterocycles. The number of aryl methyl sites for hydroxylation is 2. The Bertz CT molecular complexity index is 700. The summed E-state index contributed by atoms with van der Waals surface area (Å²) in [5.74, 6) is 1.37. The molecule has 0 spiro atoms. The Balaban J connectivity index is 1.82. The minimum absolute atomic E-state index is 0.144. The molecule has 2 aromatic carbocycles. The van der Waals surface area contributed by atoms with Gasteiger partial charge >= 0.3 is 0 Å². The van der Waals surface area contributed by atoms with E-state index in [-0.39, 0.29) is 5.91 Å². The summed E-state index contributed by atoms with van der Waals surface area (Å²) in [6, 6.07) is 13.2. The number of rotatable bonds is 9. The molecule has 0 aliphatic rings. The summed E-state index contributed by atoms with van der Waals surface area (Å²) in [6.07, 6.45) is 0. The van der Waals surface area contributed by atoms with E-state index >= 15 is 0 Å². The molecule has 5 heteroatoms. The highest BCUT2D eigenvalue weighted by Crippen LogP contribution is 2.19. The van der Waals surface area contributed by atoms with Crippen molar-refractivity contribution in [3.63, 3.8) is 0 Å². The van der Waals surface area contributed by atoms with Gasteiger partial charge in [0.15, 0.2) is 0 Å². The molecule has 0 radical (unpaired) electrons. The van der Waals surface area contributed by atoms with Crippen LogP contribution >= 0.6 is 0 Å². The van der Waals surface area contributed by atoms with Crippen LogP contribution in [-0.2, 0) is 4.74 Å². The molecule has 0 saturated heterocycles. The number of ether oxygens (including phenoxy) is 3. The SMILES string of the molecule is COCCNC(=O)c1cccc(OCCOc2cc(C)ccc2C)c1. The van der Waals surface area contributed by atoms with Gasteiger partial charge in [0.2, 0.25) is 0 Å². The third kappa shape index (κ3) is 6.12. The first-order chi connectivity index (χ1) is 12.1. The predicted octanol–water partition coefficient (Wildman–Crippen LogP) is 3.14. The van der Waals surface area contributed by atoms with Crippen LogP contribution in [0.25, 0.3) is 0 Å². The van der Waals surface area contributed by atoms with Crippen molar-refractivity contribution in [1.82, 2.24) is 5.32 Å². The molecule has 0 unspecified atom stereocenters. The first-order valence-electron chi connectivity index (χ1n) is 8.30. The van der Waals surface area contributed by atoms with Gasteiger partial charge in [-0.3, -0.25) is 4.79 Å². The molecule has 1 N–H and O–H groups in total. The van der Waals surface area contributed by atoms with Crippen molar-refractivity contribution < 1.29 is 19.0 Å². The second-order valence-electron chi connectivity index (χ2n) is 5.74. The third-order valence-corrected chi connectivity index (χ3v) is 3.64. The zero-order valence-electron chi connectivity index (χ0n) is 15.0. The smallest absolute Gasteiger partial charge is 0.251 e. The second kappa shape index (κ2) is 9.69. The Kier molecular flexibility index (Phi) is 7.29. The minimum Gasteiger partial charge on any atom is -0.490 e. The number of methoxy groups -OCH3 is 1. The average molecular weight is 343 g/mol. The highest BCUT2D eigenvalue weighted by atomic mass is 16.5. The fraction of sp³-hybridized carbons (Fsp3) is 0.350. The van der Waals surface area contributed by atoms with E-state index in [0.717, 1.165) is 16.9 Å². The highest BCUT2D eigenvalue weighted by molar-refractivity contribution is 5.94. The topological polar surface area (TPSA) is 56.8 Å². The largest absolute Gasteiger partial charge is 0.490 e. The van der Waals surface area contributed by atoms with Crippen LogP contribution in [-0.4, -0.2) is 39.4 Å². The molecular formula is C20H25NO4. The highest BCUT2D eigenvalue weighted by Gasteiger charge is 2.06. The lowest BCUT2D eigenvalue weighted by atomic mass is 10.1. The molecule has 5 nitrogen and oxygen atoms in total. The molecule has 0 saturated carbocycles. The molecule has 0 heterocycles. The molecular weight excluding hydrogens is 318 g/mol. The third-order valence-electron chi connectivity index (χ3n) is 3.64. The summed E-state index contributed by atoms with van der Waals surface area (Å²) in [7, 11) is 1.60. The minimum atomic E-state index is -0.144. The van der Waals surface area contributed by atoms with Gasteiger partial charge in [-0.05, 0) is 49.2 Å². The Hall–Kier alpha value is -2.53.